The van der Waals surface area contributed by atoms with Crippen LogP contribution in [-0.4, -0.2) is 25.7 Å². The Hall–Kier alpha value is -3.87. The number of nitrogens with zero attached hydrogens (tertiary/aromatic N) is 4. The lowest BCUT2D eigenvalue weighted by molar-refractivity contribution is -0.115. The number of amides is 1. The summed E-state index contributed by atoms with van der Waals surface area (Å²) >= 11 is 0. The van der Waals surface area contributed by atoms with Crippen LogP contribution in [0.2, 0.25) is 0 Å². The minimum atomic E-state index is -0.319. The van der Waals surface area contributed by atoms with E-state index in [0.29, 0.717) is 11.5 Å². The fourth-order valence-electron chi connectivity index (χ4n) is 3.13. The van der Waals surface area contributed by atoms with E-state index in [1.165, 1.54) is 12.1 Å². The lowest BCUT2D eigenvalue weighted by Gasteiger charge is -2.10. The van der Waals surface area contributed by atoms with Crippen LogP contribution in [0.15, 0.2) is 73.3 Å². The predicted octanol–water partition coefficient (Wildman–Crippen LogP) is 3.86. The number of rotatable bonds is 5. The number of hydrogen-bond acceptors (Lipinski definition) is 4. The van der Waals surface area contributed by atoms with Gasteiger partial charge >= 0.3 is 0 Å². The average molecular weight is 387 g/mol. The number of hydrogen-bond donors (Lipinski definition) is 1. The fourth-order valence-corrected chi connectivity index (χ4v) is 3.13. The second kappa shape index (κ2) is 8.02. The van der Waals surface area contributed by atoms with Crippen molar-refractivity contribution in [3.8, 4) is 22.4 Å². The number of carbonyl (C=O) groups is 1. The third kappa shape index (κ3) is 4.03. The number of aryl methyl sites for hydroxylation is 1. The topological polar surface area (TPSA) is 72.7 Å². The first-order chi connectivity index (χ1) is 14.1. The van der Waals surface area contributed by atoms with Crippen molar-refractivity contribution in [3.05, 3.63) is 84.7 Å². The van der Waals surface area contributed by atoms with Crippen molar-refractivity contribution in [2.24, 2.45) is 7.05 Å². The highest BCUT2D eigenvalue weighted by Gasteiger charge is 2.21. The van der Waals surface area contributed by atoms with Crippen LogP contribution in [0.5, 0.6) is 0 Å². The lowest BCUT2D eigenvalue weighted by Crippen LogP contribution is -2.17. The highest BCUT2D eigenvalue weighted by Crippen LogP contribution is 2.37. The van der Waals surface area contributed by atoms with Gasteiger partial charge in [-0.25, -0.2) is 4.39 Å². The molecule has 0 fully saturated rings. The van der Waals surface area contributed by atoms with Crippen LogP contribution >= 0.6 is 0 Å². The zero-order chi connectivity index (χ0) is 20.2. The van der Waals surface area contributed by atoms with Gasteiger partial charge in [0, 0.05) is 37.4 Å². The van der Waals surface area contributed by atoms with E-state index in [9.17, 15) is 9.18 Å². The van der Waals surface area contributed by atoms with Crippen LogP contribution in [0.3, 0.4) is 0 Å². The second-order valence-electron chi connectivity index (χ2n) is 6.52. The van der Waals surface area contributed by atoms with Crippen molar-refractivity contribution in [1.82, 2.24) is 19.7 Å². The molecule has 7 heteroatoms. The van der Waals surface area contributed by atoms with E-state index < -0.39 is 0 Å². The summed E-state index contributed by atoms with van der Waals surface area (Å²) in [6, 6.07) is 13.4. The van der Waals surface area contributed by atoms with E-state index in [4.69, 9.17) is 0 Å². The number of halogens is 1. The molecule has 0 saturated carbocycles. The Morgan fingerprint density at radius 2 is 1.55 bits per heavy atom. The number of carbonyl (C=O) groups excluding carboxylic acids is 1. The normalized spacial score (nSPS) is 10.7. The number of pyridine rings is 2. The van der Waals surface area contributed by atoms with Gasteiger partial charge < -0.3 is 5.32 Å². The monoisotopic (exact) mass is 387 g/mol. The average Bonchev–Trinajstić information content (AvgIpc) is 3.06. The van der Waals surface area contributed by atoms with E-state index in [-0.39, 0.29) is 18.1 Å². The maximum atomic E-state index is 13.4. The molecule has 0 aliphatic heterocycles. The molecule has 6 nitrogen and oxygen atoms in total. The summed E-state index contributed by atoms with van der Waals surface area (Å²) in [5.74, 6) is 0.0794. The molecule has 0 saturated heterocycles. The first-order valence-corrected chi connectivity index (χ1v) is 9.04. The molecule has 0 radical (unpaired) electrons. The van der Waals surface area contributed by atoms with Gasteiger partial charge in [0.2, 0.25) is 5.91 Å². The molecule has 0 aliphatic carbocycles. The zero-order valence-electron chi connectivity index (χ0n) is 15.7. The molecule has 0 bridgehead atoms. The summed E-state index contributed by atoms with van der Waals surface area (Å²) in [6.07, 6.45) is 6.89. The highest BCUT2D eigenvalue weighted by molar-refractivity contribution is 5.98. The number of benzene rings is 1. The molecule has 4 aromatic rings. The molecule has 3 aromatic heterocycles. The molecule has 0 spiro atoms. The molecule has 144 valence electrons. The third-order valence-corrected chi connectivity index (χ3v) is 4.51. The SMILES string of the molecule is Cn1nc(-c2ccc(F)cc2)c(-c2ccncc2)c1NC(=O)Cc1ccncc1. The Bertz CT molecular complexity index is 1130. The maximum Gasteiger partial charge on any atom is 0.229 e. The van der Waals surface area contributed by atoms with Gasteiger partial charge in [-0.1, -0.05) is 0 Å². The van der Waals surface area contributed by atoms with Crippen molar-refractivity contribution in [2.45, 2.75) is 6.42 Å². The molecule has 1 amide bonds. The first kappa shape index (κ1) is 18.5. The minimum absolute atomic E-state index is 0.167. The van der Waals surface area contributed by atoms with Crippen molar-refractivity contribution in [3.63, 3.8) is 0 Å². The van der Waals surface area contributed by atoms with Crippen molar-refractivity contribution < 1.29 is 9.18 Å². The quantitative estimate of drug-likeness (QED) is 0.564. The second-order valence-corrected chi connectivity index (χ2v) is 6.52. The molecular formula is C22H18FN5O. The van der Waals surface area contributed by atoms with Gasteiger partial charge in [-0.2, -0.15) is 5.10 Å². The van der Waals surface area contributed by atoms with Crippen LogP contribution in [-0.2, 0) is 18.3 Å². The summed E-state index contributed by atoms with van der Waals surface area (Å²) in [6.45, 7) is 0. The summed E-state index contributed by atoms with van der Waals surface area (Å²) in [4.78, 5) is 20.7. The van der Waals surface area contributed by atoms with Crippen LogP contribution in [0.4, 0.5) is 10.2 Å². The first-order valence-electron chi connectivity index (χ1n) is 9.04. The lowest BCUT2D eigenvalue weighted by atomic mass is 10.0. The minimum Gasteiger partial charge on any atom is -0.310 e. The Labute approximate surface area is 167 Å². The largest absolute Gasteiger partial charge is 0.310 e. The molecule has 29 heavy (non-hydrogen) atoms. The smallest absolute Gasteiger partial charge is 0.229 e. The Kier molecular flexibility index (Phi) is 5.11. The van der Waals surface area contributed by atoms with Gasteiger partial charge in [-0.05, 0) is 59.7 Å². The van der Waals surface area contributed by atoms with Crippen LogP contribution in [0.25, 0.3) is 22.4 Å². The van der Waals surface area contributed by atoms with Gasteiger partial charge in [-0.15, -0.1) is 0 Å². The van der Waals surface area contributed by atoms with Gasteiger partial charge in [-0.3, -0.25) is 19.4 Å². The Morgan fingerprint density at radius 3 is 2.21 bits per heavy atom. The molecule has 0 unspecified atom stereocenters. The Morgan fingerprint density at radius 1 is 0.931 bits per heavy atom. The van der Waals surface area contributed by atoms with Gasteiger partial charge in [0.15, 0.2) is 0 Å². The third-order valence-electron chi connectivity index (χ3n) is 4.51. The summed E-state index contributed by atoms with van der Waals surface area (Å²) in [7, 11) is 1.76. The molecule has 3 heterocycles. The van der Waals surface area contributed by atoms with Gasteiger partial charge in [0.25, 0.3) is 0 Å². The van der Waals surface area contributed by atoms with Crippen molar-refractivity contribution in [2.75, 3.05) is 5.32 Å². The molecule has 1 N–H and O–H groups in total. The van der Waals surface area contributed by atoms with Gasteiger partial charge in [0.05, 0.1) is 12.0 Å². The standard InChI is InChI=1S/C22H18FN5O/c1-28-22(26-19(29)14-15-6-10-24-11-7-15)20(16-8-12-25-13-9-16)21(27-28)17-2-4-18(23)5-3-17/h2-13H,14H2,1H3,(H,26,29). The summed E-state index contributed by atoms with van der Waals surface area (Å²) in [5, 5.41) is 7.57. The molecule has 0 aliphatic rings. The Balaban J connectivity index is 1.75. The molecule has 4 rings (SSSR count). The molecular weight excluding hydrogens is 369 g/mol. The number of anilines is 1. The van der Waals surface area contributed by atoms with Crippen LogP contribution in [0.1, 0.15) is 5.56 Å². The highest BCUT2D eigenvalue weighted by atomic mass is 19.1. The van der Waals surface area contributed by atoms with Crippen molar-refractivity contribution in [1.29, 1.82) is 0 Å². The number of nitrogens with one attached hydrogen (secondary N) is 1. The number of aromatic nitrogens is 4. The van der Waals surface area contributed by atoms with E-state index >= 15 is 0 Å². The van der Waals surface area contributed by atoms with E-state index in [1.807, 2.05) is 12.1 Å². The maximum absolute atomic E-state index is 13.4. The van der Waals surface area contributed by atoms with E-state index in [2.05, 4.69) is 20.4 Å². The molecule has 0 atom stereocenters. The van der Waals surface area contributed by atoms with Crippen LogP contribution < -0.4 is 5.32 Å². The van der Waals surface area contributed by atoms with Crippen LogP contribution in [0, 0.1) is 5.82 Å². The van der Waals surface area contributed by atoms with Crippen molar-refractivity contribution >= 4 is 11.7 Å². The summed E-state index contributed by atoms with van der Waals surface area (Å²) in [5.41, 5.74) is 3.88. The zero-order valence-corrected chi connectivity index (χ0v) is 15.7. The fraction of sp³-hybridized carbons (Fsp3) is 0.0909. The van der Waals surface area contributed by atoms with E-state index in [1.54, 1.807) is 60.8 Å². The predicted molar refractivity (Wildman–Crippen MR) is 108 cm³/mol. The molecule has 1 aromatic carbocycles. The van der Waals surface area contributed by atoms with E-state index in [0.717, 1.165) is 22.3 Å². The van der Waals surface area contributed by atoms with Gasteiger partial charge in [0.1, 0.15) is 17.3 Å². The summed E-state index contributed by atoms with van der Waals surface area (Å²) < 4.78 is 15.0.